The van der Waals surface area contributed by atoms with Gasteiger partial charge >= 0.3 is 0 Å². The van der Waals surface area contributed by atoms with Crippen LogP contribution in [0.1, 0.15) is 29.0 Å². The highest BCUT2D eigenvalue weighted by molar-refractivity contribution is 7.07. The molecule has 0 spiro atoms. The summed E-state index contributed by atoms with van der Waals surface area (Å²) in [7, 11) is 0. The predicted molar refractivity (Wildman–Crippen MR) is 105 cm³/mol. The first-order valence-corrected chi connectivity index (χ1v) is 9.91. The zero-order chi connectivity index (χ0) is 17.8. The van der Waals surface area contributed by atoms with Crippen molar-refractivity contribution >= 4 is 22.9 Å². The molecule has 0 radical (unpaired) electrons. The number of anilines is 1. The fourth-order valence-electron chi connectivity index (χ4n) is 3.58. The summed E-state index contributed by atoms with van der Waals surface area (Å²) in [4.78, 5) is 17.5. The molecule has 0 N–H and O–H groups in total. The number of amides is 1. The lowest BCUT2D eigenvalue weighted by Gasteiger charge is -2.38. The van der Waals surface area contributed by atoms with E-state index in [9.17, 15) is 4.79 Å². The quantitative estimate of drug-likeness (QED) is 0.659. The Hall–Kier alpha value is -2.37. The lowest BCUT2D eigenvalue weighted by atomic mass is 10.0. The molecule has 0 atom stereocenters. The molecule has 1 aromatic carbocycles. The van der Waals surface area contributed by atoms with Crippen LogP contribution < -0.4 is 4.90 Å². The lowest BCUT2D eigenvalue weighted by Crippen LogP contribution is -2.47. The average Bonchev–Trinajstić information content (AvgIpc) is 3.38. The first kappa shape index (κ1) is 17.1. The van der Waals surface area contributed by atoms with Gasteiger partial charge in [-0.15, -0.1) is 0 Å². The number of piperidine rings is 1. The van der Waals surface area contributed by atoms with Gasteiger partial charge in [-0.3, -0.25) is 9.69 Å². The van der Waals surface area contributed by atoms with E-state index in [4.69, 9.17) is 4.42 Å². The molecule has 1 amide bonds. The summed E-state index contributed by atoms with van der Waals surface area (Å²) in [5.74, 6) is 0.340. The minimum Gasteiger partial charge on any atom is -0.459 e. The van der Waals surface area contributed by atoms with E-state index in [1.165, 1.54) is 5.56 Å². The van der Waals surface area contributed by atoms with Gasteiger partial charge in [0.2, 0.25) is 0 Å². The van der Waals surface area contributed by atoms with E-state index in [-0.39, 0.29) is 11.9 Å². The van der Waals surface area contributed by atoms with Crippen molar-refractivity contribution in [2.24, 2.45) is 0 Å². The zero-order valence-corrected chi connectivity index (χ0v) is 15.4. The first-order chi connectivity index (χ1) is 12.8. The molecule has 0 saturated carbocycles. The number of para-hydroxylation sites is 1. The van der Waals surface area contributed by atoms with Crippen molar-refractivity contribution in [3.05, 3.63) is 76.9 Å². The van der Waals surface area contributed by atoms with E-state index in [2.05, 4.69) is 21.7 Å². The molecule has 0 aliphatic carbocycles. The van der Waals surface area contributed by atoms with Crippen molar-refractivity contribution in [3.8, 4) is 0 Å². The van der Waals surface area contributed by atoms with Gasteiger partial charge < -0.3 is 9.32 Å². The normalized spacial score (nSPS) is 15.8. The van der Waals surface area contributed by atoms with Crippen LogP contribution in [0, 0.1) is 0 Å². The Bertz CT molecular complexity index is 807. The Labute approximate surface area is 157 Å². The smallest absolute Gasteiger partial charge is 0.294 e. The molecule has 134 valence electrons. The molecular weight excluding hydrogens is 344 g/mol. The first-order valence-electron chi connectivity index (χ1n) is 8.97. The third kappa shape index (κ3) is 3.74. The lowest BCUT2D eigenvalue weighted by molar-refractivity contribution is 0.0932. The molecule has 4 rings (SSSR count). The third-order valence-corrected chi connectivity index (χ3v) is 5.63. The van der Waals surface area contributed by atoms with Gasteiger partial charge in [0.25, 0.3) is 5.91 Å². The highest BCUT2D eigenvalue weighted by Gasteiger charge is 2.30. The van der Waals surface area contributed by atoms with Crippen molar-refractivity contribution in [2.75, 3.05) is 18.0 Å². The van der Waals surface area contributed by atoms with E-state index < -0.39 is 0 Å². The molecule has 26 heavy (non-hydrogen) atoms. The molecule has 2 aromatic heterocycles. The van der Waals surface area contributed by atoms with Crippen LogP contribution >= 0.6 is 11.3 Å². The van der Waals surface area contributed by atoms with Gasteiger partial charge in [-0.1, -0.05) is 18.2 Å². The van der Waals surface area contributed by atoms with Crippen molar-refractivity contribution in [1.29, 1.82) is 0 Å². The van der Waals surface area contributed by atoms with Gasteiger partial charge in [-0.2, -0.15) is 11.3 Å². The number of carbonyl (C=O) groups is 1. The summed E-state index contributed by atoms with van der Waals surface area (Å²) >= 11 is 1.74. The standard InChI is InChI=1S/C21H22N2O2S/c24-21(20-7-4-13-25-20)23(18-5-2-1-3-6-18)19-8-11-22(12-9-19)15-17-10-14-26-16-17/h1-7,10,13-14,16,19H,8-9,11-12,15H2. The maximum atomic E-state index is 13.1. The number of benzene rings is 1. The largest absolute Gasteiger partial charge is 0.459 e. The van der Waals surface area contributed by atoms with Crippen molar-refractivity contribution in [3.63, 3.8) is 0 Å². The Kier molecular flexibility index (Phi) is 5.18. The summed E-state index contributed by atoms with van der Waals surface area (Å²) in [6.07, 6.45) is 3.48. The second-order valence-electron chi connectivity index (χ2n) is 6.63. The molecule has 3 aromatic rings. The minimum absolute atomic E-state index is 0.0579. The third-order valence-electron chi connectivity index (χ3n) is 4.89. The molecule has 1 aliphatic heterocycles. The summed E-state index contributed by atoms with van der Waals surface area (Å²) < 4.78 is 5.38. The molecule has 1 aliphatic rings. The van der Waals surface area contributed by atoms with Crippen LogP contribution in [0.3, 0.4) is 0 Å². The molecule has 0 unspecified atom stereocenters. The number of nitrogens with zero attached hydrogens (tertiary/aromatic N) is 2. The van der Waals surface area contributed by atoms with E-state index in [0.717, 1.165) is 38.2 Å². The van der Waals surface area contributed by atoms with E-state index in [1.54, 1.807) is 29.7 Å². The second kappa shape index (κ2) is 7.89. The Morgan fingerprint density at radius 2 is 1.92 bits per heavy atom. The van der Waals surface area contributed by atoms with Gasteiger partial charge in [-0.25, -0.2) is 0 Å². The van der Waals surface area contributed by atoms with Crippen molar-refractivity contribution in [1.82, 2.24) is 4.90 Å². The molecule has 5 heteroatoms. The van der Waals surface area contributed by atoms with Gasteiger partial charge in [0, 0.05) is 31.4 Å². The fourth-order valence-corrected chi connectivity index (χ4v) is 4.24. The number of hydrogen-bond donors (Lipinski definition) is 0. The maximum Gasteiger partial charge on any atom is 0.294 e. The van der Waals surface area contributed by atoms with Crippen LogP contribution in [-0.4, -0.2) is 29.9 Å². The van der Waals surface area contributed by atoms with Crippen molar-refractivity contribution in [2.45, 2.75) is 25.4 Å². The molecule has 4 nitrogen and oxygen atoms in total. The summed E-state index contributed by atoms with van der Waals surface area (Å²) in [5.41, 5.74) is 2.31. The SMILES string of the molecule is O=C(c1ccco1)N(c1ccccc1)C1CCN(Cc2ccsc2)CC1. The van der Waals surface area contributed by atoms with Crippen molar-refractivity contribution < 1.29 is 9.21 Å². The molecule has 0 bridgehead atoms. The van der Waals surface area contributed by atoms with Crippen LogP contribution in [0.4, 0.5) is 5.69 Å². The van der Waals surface area contributed by atoms with Crippen LogP contribution in [0.5, 0.6) is 0 Å². The monoisotopic (exact) mass is 366 g/mol. The maximum absolute atomic E-state index is 13.1. The molecule has 3 heterocycles. The number of rotatable bonds is 5. The number of furan rings is 1. The minimum atomic E-state index is -0.0579. The van der Waals surface area contributed by atoms with Crippen LogP contribution in [0.25, 0.3) is 0 Å². The molecular formula is C21H22N2O2S. The summed E-state index contributed by atoms with van der Waals surface area (Å²) in [6.45, 7) is 2.98. The van der Waals surface area contributed by atoms with Gasteiger partial charge in [-0.05, 0) is 59.5 Å². The number of likely N-dealkylation sites (tertiary alicyclic amines) is 1. The number of carbonyl (C=O) groups excluding carboxylic acids is 1. The van der Waals surface area contributed by atoms with Gasteiger partial charge in [0.15, 0.2) is 5.76 Å². The fraction of sp³-hybridized carbons (Fsp3) is 0.286. The van der Waals surface area contributed by atoms with Crippen LogP contribution in [0.15, 0.2) is 70.0 Å². The van der Waals surface area contributed by atoms with Crippen LogP contribution in [-0.2, 0) is 6.54 Å². The van der Waals surface area contributed by atoms with E-state index in [0.29, 0.717) is 5.76 Å². The Morgan fingerprint density at radius 1 is 1.12 bits per heavy atom. The van der Waals surface area contributed by atoms with E-state index >= 15 is 0 Å². The Morgan fingerprint density at radius 3 is 2.58 bits per heavy atom. The molecule has 1 fully saturated rings. The van der Waals surface area contributed by atoms with Crippen LogP contribution in [0.2, 0.25) is 0 Å². The highest BCUT2D eigenvalue weighted by atomic mass is 32.1. The zero-order valence-electron chi connectivity index (χ0n) is 14.6. The van der Waals surface area contributed by atoms with E-state index in [1.807, 2.05) is 35.2 Å². The average molecular weight is 366 g/mol. The number of hydrogen-bond acceptors (Lipinski definition) is 4. The Balaban J connectivity index is 1.49. The molecule has 1 saturated heterocycles. The van der Waals surface area contributed by atoms with Gasteiger partial charge in [0.05, 0.1) is 6.26 Å². The predicted octanol–water partition coefficient (Wildman–Crippen LogP) is 4.65. The summed E-state index contributed by atoms with van der Waals surface area (Å²) in [5, 5.41) is 4.34. The summed E-state index contributed by atoms with van der Waals surface area (Å²) in [6, 6.07) is 15.8. The van der Waals surface area contributed by atoms with Gasteiger partial charge in [0.1, 0.15) is 0 Å². The number of thiophene rings is 1. The highest BCUT2D eigenvalue weighted by Crippen LogP contribution is 2.26. The topological polar surface area (TPSA) is 36.7 Å². The second-order valence-corrected chi connectivity index (χ2v) is 7.41.